The van der Waals surface area contributed by atoms with Crippen molar-refractivity contribution < 1.29 is 0 Å². The maximum atomic E-state index is 4.68. The van der Waals surface area contributed by atoms with Crippen LogP contribution in [0, 0.1) is 6.92 Å². The first-order chi connectivity index (χ1) is 11.6. The van der Waals surface area contributed by atoms with E-state index in [1.165, 1.54) is 24.1 Å². The second-order valence-corrected chi connectivity index (χ2v) is 6.79. The molecule has 1 N–H and O–H groups in total. The Morgan fingerprint density at radius 2 is 2.25 bits per heavy atom. The largest absolute Gasteiger partial charge is 0.360 e. The van der Waals surface area contributed by atoms with Gasteiger partial charge < -0.3 is 10.2 Å². The van der Waals surface area contributed by atoms with Crippen LogP contribution in [0.4, 0.5) is 5.82 Å². The van der Waals surface area contributed by atoms with Gasteiger partial charge in [0.05, 0.1) is 11.9 Å². The summed E-state index contributed by atoms with van der Waals surface area (Å²) >= 11 is 0. The van der Waals surface area contributed by atoms with Crippen molar-refractivity contribution in [3.63, 3.8) is 0 Å². The third-order valence-electron chi connectivity index (χ3n) is 4.67. The predicted molar refractivity (Wildman–Crippen MR) is 96.4 cm³/mol. The summed E-state index contributed by atoms with van der Waals surface area (Å²) in [6, 6.07) is 2.18. The minimum Gasteiger partial charge on any atom is -0.360 e. The molecule has 1 aliphatic heterocycles. The lowest BCUT2D eigenvalue weighted by Gasteiger charge is -2.24. The van der Waals surface area contributed by atoms with E-state index in [9.17, 15) is 0 Å². The first-order valence-electron chi connectivity index (χ1n) is 8.87. The van der Waals surface area contributed by atoms with Crippen molar-refractivity contribution in [2.24, 2.45) is 7.05 Å². The lowest BCUT2D eigenvalue weighted by molar-refractivity contribution is 0.453. The molecule has 1 saturated heterocycles. The average molecular weight is 328 g/mol. The van der Waals surface area contributed by atoms with Gasteiger partial charge in [-0.2, -0.15) is 5.10 Å². The highest BCUT2D eigenvalue weighted by Crippen LogP contribution is 2.24. The van der Waals surface area contributed by atoms with Crippen LogP contribution in [0.25, 0.3) is 0 Å². The van der Waals surface area contributed by atoms with Crippen molar-refractivity contribution in [2.45, 2.75) is 38.5 Å². The number of nitrogens with zero attached hydrogens (tertiary/aromatic N) is 5. The lowest BCUT2D eigenvalue weighted by atomic mass is 9.96. The Labute approximate surface area is 144 Å². The van der Waals surface area contributed by atoms with Crippen LogP contribution < -0.4 is 10.2 Å². The summed E-state index contributed by atoms with van der Waals surface area (Å²) < 4.78 is 1.86. The number of nitrogens with one attached hydrogen (secondary N) is 1. The van der Waals surface area contributed by atoms with Crippen LogP contribution in [0.1, 0.15) is 42.3 Å². The van der Waals surface area contributed by atoms with Gasteiger partial charge in [-0.25, -0.2) is 9.97 Å². The fraction of sp³-hybridized carbons (Fsp3) is 0.611. The van der Waals surface area contributed by atoms with E-state index < -0.39 is 0 Å². The van der Waals surface area contributed by atoms with Crippen LogP contribution in [0.2, 0.25) is 0 Å². The molecule has 24 heavy (non-hydrogen) atoms. The molecule has 0 bridgehead atoms. The van der Waals surface area contributed by atoms with Gasteiger partial charge in [0.25, 0.3) is 0 Å². The van der Waals surface area contributed by atoms with E-state index >= 15 is 0 Å². The summed E-state index contributed by atoms with van der Waals surface area (Å²) in [4.78, 5) is 11.6. The fourth-order valence-corrected chi connectivity index (χ4v) is 3.32. The summed E-state index contributed by atoms with van der Waals surface area (Å²) in [5, 5.41) is 7.70. The van der Waals surface area contributed by atoms with E-state index in [2.05, 4.69) is 44.6 Å². The highest BCUT2D eigenvalue weighted by molar-refractivity contribution is 5.40. The summed E-state index contributed by atoms with van der Waals surface area (Å²) in [6.07, 6.45) is 8.61. The Hall–Kier alpha value is -1.95. The molecule has 0 amide bonds. The van der Waals surface area contributed by atoms with E-state index in [4.69, 9.17) is 0 Å². The van der Waals surface area contributed by atoms with Gasteiger partial charge in [0, 0.05) is 45.4 Å². The van der Waals surface area contributed by atoms with Crippen molar-refractivity contribution >= 4 is 5.82 Å². The van der Waals surface area contributed by atoms with Crippen LogP contribution >= 0.6 is 0 Å². The second kappa shape index (κ2) is 7.75. The number of piperidine rings is 1. The standard InChI is InChI=1S/C18H28N6/c1-14-21-17(16-7-4-8-19-12-16)10-18(22-14)23(2)9-5-6-15-11-20-24(3)13-15/h10-11,13,16,19H,4-9,12H2,1-3H3/t16-/m0/s1. The van der Waals surface area contributed by atoms with Gasteiger partial charge in [0.15, 0.2) is 0 Å². The SMILES string of the molecule is Cc1nc([C@H]2CCCNC2)cc(N(C)CCCc2cnn(C)c2)n1. The monoisotopic (exact) mass is 328 g/mol. The fourth-order valence-electron chi connectivity index (χ4n) is 3.32. The van der Waals surface area contributed by atoms with Crippen molar-refractivity contribution in [3.8, 4) is 0 Å². The number of hydrogen-bond donors (Lipinski definition) is 1. The summed E-state index contributed by atoms with van der Waals surface area (Å²) in [7, 11) is 4.08. The number of rotatable bonds is 6. The van der Waals surface area contributed by atoms with E-state index in [0.29, 0.717) is 5.92 Å². The molecule has 6 nitrogen and oxygen atoms in total. The third kappa shape index (κ3) is 4.32. The van der Waals surface area contributed by atoms with Crippen LogP contribution in [-0.2, 0) is 13.5 Å². The van der Waals surface area contributed by atoms with Crippen molar-refractivity contribution in [2.75, 3.05) is 31.6 Å². The molecule has 130 valence electrons. The highest BCUT2D eigenvalue weighted by atomic mass is 15.2. The molecule has 0 radical (unpaired) electrons. The molecule has 0 saturated carbocycles. The van der Waals surface area contributed by atoms with Gasteiger partial charge in [0.1, 0.15) is 11.6 Å². The van der Waals surface area contributed by atoms with Crippen molar-refractivity contribution in [3.05, 3.63) is 35.5 Å². The Kier molecular flexibility index (Phi) is 5.45. The Balaban J connectivity index is 1.61. The van der Waals surface area contributed by atoms with Crippen LogP contribution in [0.5, 0.6) is 0 Å². The maximum Gasteiger partial charge on any atom is 0.132 e. The molecular formula is C18H28N6. The Morgan fingerprint density at radius 1 is 1.38 bits per heavy atom. The lowest BCUT2D eigenvalue weighted by Crippen LogP contribution is -2.29. The van der Waals surface area contributed by atoms with Gasteiger partial charge in [-0.3, -0.25) is 4.68 Å². The molecule has 1 fully saturated rings. The number of anilines is 1. The summed E-state index contributed by atoms with van der Waals surface area (Å²) in [6.45, 7) is 5.13. The Morgan fingerprint density at radius 3 is 2.96 bits per heavy atom. The third-order valence-corrected chi connectivity index (χ3v) is 4.67. The number of aryl methyl sites for hydroxylation is 3. The van der Waals surface area contributed by atoms with E-state index in [1.54, 1.807) is 0 Å². The average Bonchev–Trinajstić information content (AvgIpc) is 3.00. The highest BCUT2D eigenvalue weighted by Gasteiger charge is 2.18. The molecule has 0 aliphatic carbocycles. The normalized spacial score (nSPS) is 17.9. The zero-order valence-electron chi connectivity index (χ0n) is 15.0. The molecule has 2 aromatic heterocycles. The smallest absolute Gasteiger partial charge is 0.132 e. The molecular weight excluding hydrogens is 300 g/mol. The maximum absolute atomic E-state index is 4.68. The minimum absolute atomic E-state index is 0.517. The zero-order chi connectivity index (χ0) is 16.9. The summed E-state index contributed by atoms with van der Waals surface area (Å²) in [5.74, 6) is 2.42. The van der Waals surface area contributed by atoms with Crippen molar-refractivity contribution in [1.82, 2.24) is 25.1 Å². The number of hydrogen-bond acceptors (Lipinski definition) is 5. The van der Waals surface area contributed by atoms with Gasteiger partial charge in [-0.05, 0) is 44.7 Å². The van der Waals surface area contributed by atoms with Gasteiger partial charge in [0.2, 0.25) is 0 Å². The van der Waals surface area contributed by atoms with Crippen LogP contribution in [0.15, 0.2) is 18.5 Å². The Bertz CT molecular complexity index is 659. The van der Waals surface area contributed by atoms with Crippen LogP contribution in [-0.4, -0.2) is 46.4 Å². The minimum atomic E-state index is 0.517. The van der Waals surface area contributed by atoms with E-state index in [-0.39, 0.29) is 0 Å². The first kappa shape index (κ1) is 16.9. The molecule has 0 unspecified atom stereocenters. The topological polar surface area (TPSA) is 58.9 Å². The molecule has 1 aliphatic rings. The molecule has 0 aromatic carbocycles. The first-order valence-corrected chi connectivity index (χ1v) is 8.87. The quantitative estimate of drug-likeness (QED) is 0.879. The molecule has 6 heteroatoms. The number of aromatic nitrogens is 4. The molecule has 3 heterocycles. The molecule has 2 aromatic rings. The van der Waals surface area contributed by atoms with Gasteiger partial charge in [-0.1, -0.05) is 0 Å². The second-order valence-electron chi connectivity index (χ2n) is 6.79. The van der Waals surface area contributed by atoms with Gasteiger partial charge in [-0.15, -0.1) is 0 Å². The molecule has 1 atom stereocenters. The summed E-state index contributed by atoms with van der Waals surface area (Å²) in [5.41, 5.74) is 2.47. The van der Waals surface area contributed by atoms with E-state index in [0.717, 1.165) is 44.1 Å². The van der Waals surface area contributed by atoms with Crippen molar-refractivity contribution in [1.29, 1.82) is 0 Å². The van der Waals surface area contributed by atoms with Crippen LogP contribution in [0.3, 0.4) is 0 Å². The zero-order valence-corrected chi connectivity index (χ0v) is 15.0. The molecule has 3 rings (SSSR count). The van der Waals surface area contributed by atoms with Gasteiger partial charge >= 0.3 is 0 Å². The molecule has 0 spiro atoms. The predicted octanol–water partition coefficient (Wildman–Crippen LogP) is 2.05. The van der Waals surface area contributed by atoms with E-state index in [1.807, 2.05) is 24.9 Å².